The van der Waals surface area contributed by atoms with Crippen LogP contribution in [0.4, 0.5) is 5.82 Å². The highest BCUT2D eigenvalue weighted by Gasteiger charge is 2.16. The second-order valence-electron chi connectivity index (χ2n) is 5.28. The Morgan fingerprint density at radius 2 is 1.70 bits per heavy atom. The predicted molar refractivity (Wildman–Crippen MR) is 83.1 cm³/mol. The summed E-state index contributed by atoms with van der Waals surface area (Å²) in [4.78, 5) is 7.00. The van der Waals surface area contributed by atoms with Gasteiger partial charge in [0.25, 0.3) is 0 Å². The Bertz CT molecular complexity index is 553. The lowest BCUT2D eigenvalue weighted by atomic mass is 10.0. The topological polar surface area (TPSA) is 42.1 Å². The third-order valence-corrected chi connectivity index (χ3v) is 4.00. The Balaban J connectivity index is 1.83. The van der Waals surface area contributed by atoms with Crippen LogP contribution in [0.5, 0.6) is 0 Å². The highest BCUT2D eigenvalue weighted by atomic mass is 15.2. The molecule has 20 heavy (non-hydrogen) atoms. The van der Waals surface area contributed by atoms with Crippen LogP contribution in [-0.2, 0) is 19.3 Å². The highest BCUT2D eigenvalue weighted by Crippen LogP contribution is 2.22. The summed E-state index contributed by atoms with van der Waals surface area (Å²) < 4.78 is 0. The Kier molecular flexibility index (Phi) is 3.97. The lowest BCUT2D eigenvalue weighted by molar-refractivity contribution is 0.779. The molecule has 1 aliphatic rings. The Hall–Kier alpha value is -1.87. The molecule has 0 bridgehead atoms. The molecular formula is C17H21N3. The molecule has 104 valence electrons. The summed E-state index contributed by atoms with van der Waals surface area (Å²) in [5, 5.41) is 0. The average molecular weight is 267 g/mol. The molecule has 2 heterocycles. The fraction of sp³-hybridized carbons (Fsp3) is 0.353. The molecule has 2 aromatic rings. The first-order chi connectivity index (χ1) is 9.88. The van der Waals surface area contributed by atoms with Crippen molar-refractivity contribution in [1.82, 2.24) is 4.98 Å². The summed E-state index contributed by atoms with van der Waals surface area (Å²) >= 11 is 0. The number of aromatic nitrogens is 1. The summed E-state index contributed by atoms with van der Waals surface area (Å²) in [6, 6.07) is 12.9. The number of nitrogens with two attached hydrogens (primary N) is 1. The van der Waals surface area contributed by atoms with E-state index >= 15 is 0 Å². The van der Waals surface area contributed by atoms with Crippen molar-refractivity contribution in [3.05, 3.63) is 59.3 Å². The van der Waals surface area contributed by atoms with Gasteiger partial charge in [-0.15, -0.1) is 0 Å². The van der Waals surface area contributed by atoms with Gasteiger partial charge in [-0.3, -0.25) is 0 Å². The zero-order chi connectivity index (χ0) is 13.8. The Morgan fingerprint density at radius 1 is 1.00 bits per heavy atom. The monoisotopic (exact) mass is 267 g/mol. The van der Waals surface area contributed by atoms with Gasteiger partial charge in [-0.05, 0) is 48.6 Å². The third-order valence-electron chi connectivity index (χ3n) is 4.00. The maximum Gasteiger partial charge on any atom is 0.131 e. The number of anilines is 1. The van der Waals surface area contributed by atoms with E-state index in [0.29, 0.717) is 6.54 Å². The van der Waals surface area contributed by atoms with Gasteiger partial charge in [-0.25, -0.2) is 4.98 Å². The lowest BCUT2D eigenvalue weighted by Gasteiger charge is -2.23. The van der Waals surface area contributed by atoms with Crippen LogP contribution in [0.15, 0.2) is 42.6 Å². The fourth-order valence-corrected chi connectivity index (χ4v) is 2.95. The molecule has 0 spiro atoms. The first kappa shape index (κ1) is 13.1. The minimum absolute atomic E-state index is 0.673. The van der Waals surface area contributed by atoms with Crippen LogP contribution in [0.1, 0.15) is 16.7 Å². The fourth-order valence-electron chi connectivity index (χ4n) is 2.95. The summed E-state index contributed by atoms with van der Waals surface area (Å²) in [6.07, 6.45) is 4.96. The van der Waals surface area contributed by atoms with Crippen LogP contribution in [0.25, 0.3) is 0 Å². The van der Waals surface area contributed by atoms with Gasteiger partial charge in [-0.2, -0.15) is 0 Å². The number of hydrogen-bond donors (Lipinski definition) is 1. The Labute approximate surface area is 120 Å². The van der Waals surface area contributed by atoms with Gasteiger partial charge < -0.3 is 10.6 Å². The van der Waals surface area contributed by atoms with Crippen molar-refractivity contribution in [3.63, 3.8) is 0 Å². The normalized spacial score (nSPS) is 14.8. The first-order valence-corrected chi connectivity index (χ1v) is 7.34. The third kappa shape index (κ3) is 2.68. The van der Waals surface area contributed by atoms with Crippen LogP contribution >= 0.6 is 0 Å². The van der Waals surface area contributed by atoms with E-state index in [2.05, 4.69) is 40.2 Å². The van der Waals surface area contributed by atoms with E-state index < -0.39 is 0 Å². The molecule has 0 fully saturated rings. The molecule has 0 amide bonds. The van der Waals surface area contributed by atoms with Crippen LogP contribution in [0.3, 0.4) is 0 Å². The van der Waals surface area contributed by atoms with E-state index in [1.807, 2.05) is 12.3 Å². The van der Waals surface area contributed by atoms with E-state index in [1.165, 1.54) is 16.7 Å². The van der Waals surface area contributed by atoms with E-state index in [1.54, 1.807) is 0 Å². The molecular weight excluding hydrogens is 246 g/mol. The lowest BCUT2D eigenvalue weighted by Crippen LogP contribution is -2.28. The smallest absolute Gasteiger partial charge is 0.131 e. The summed E-state index contributed by atoms with van der Waals surface area (Å²) in [7, 11) is 0. The summed E-state index contributed by atoms with van der Waals surface area (Å²) in [5.74, 6) is 1.12. The van der Waals surface area contributed by atoms with Crippen LogP contribution < -0.4 is 10.6 Å². The van der Waals surface area contributed by atoms with Gasteiger partial charge in [0, 0.05) is 19.3 Å². The molecule has 0 saturated heterocycles. The van der Waals surface area contributed by atoms with Crippen molar-refractivity contribution in [2.45, 2.75) is 19.3 Å². The van der Waals surface area contributed by atoms with Crippen molar-refractivity contribution in [1.29, 1.82) is 0 Å². The standard InChI is InChI=1S/C17H21N3/c18-10-7-16-6-3-11-19-17(16)20-12-8-14-4-1-2-5-15(14)9-13-20/h1-6,11H,7-10,12-13,18H2. The largest absolute Gasteiger partial charge is 0.356 e. The number of nitrogens with zero attached hydrogens (tertiary/aromatic N) is 2. The minimum atomic E-state index is 0.673. The van der Waals surface area contributed by atoms with Gasteiger partial charge in [0.2, 0.25) is 0 Å². The van der Waals surface area contributed by atoms with Crippen molar-refractivity contribution >= 4 is 5.82 Å². The molecule has 1 aromatic heterocycles. The average Bonchev–Trinajstić information content (AvgIpc) is 2.71. The molecule has 0 saturated carbocycles. The summed E-state index contributed by atoms with van der Waals surface area (Å²) in [6.45, 7) is 2.74. The van der Waals surface area contributed by atoms with E-state index in [-0.39, 0.29) is 0 Å². The van der Waals surface area contributed by atoms with Gasteiger partial charge in [0.1, 0.15) is 5.82 Å². The van der Waals surface area contributed by atoms with Crippen LogP contribution in [0, 0.1) is 0 Å². The molecule has 0 aliphatic carbocycles. The SMILES string of the molecule is NCCc1cccnc1N1CCc2ccccc2CC1. The molecule has 3 heteroatoms. The maximum atomic E-state index is 5.71. The van der Waals surface area contributed by atoms with Gasteiger partial charge in [-0.1, -0.05) is 30.3 Å². The molecule has 3 rings (SSSR count). The molecule has 0 atom stereocenters. The van der Waals surface area contributed by atoms with Crippen molar-refractivity contribution < 1.29 is 0 Å². The molecule has 0 unspecified atom stereocenters. The first-order valence-electron chi connectivity index (χ1n) is 7.34. The maximum absolute atomic E-state index is 5.71. The summed E-state index contributed by atoms with van der Waals surface area (Å²) in [5.41, 5.74) is 9.93. The van der Waals surface area contributed by atoms with Crippen LogP contribution in [-0.4, -0.2) is 24.6 Å². The molecule has 2 N–H and O–H groups in total. The van der Waals surface area contributed by atoms with Gasteiger partial charge in [0.15, 0.2) is 0 Å². The number of rotatable bonds is 3. The second-order valence-corrected chi connectivity index (χ2v) is 5.28. The molecule has 3 nitrogen and oxygen atoms in total. The highest BCUT2D eigenvalue weighted by molar-refractivity contribution is 5.48. The van der Waals surface area contributed by atoms with E-state index in [4.69, 9.17) is 5.73 Å². The van der Waals surface area contributed by atoms with Gasteiger partial charge in [0.05, 0.1) is 0 Å². The Morgan fingerprint density at radius 3 is 2.35 bits per heavy atom. The van der Waals surface area contributed by atoms with E-state index in [0.717, 1.165) is 38.2 Å². The second kappa shape index (κ2) is 6.06. The predicted octanol–water partition coefficient (Wildman–Crippen LogP) is 2.19. The number of fused-ring (bicyclic) bond motifs is 1. The number of pyridine rings is 1. The number of benzene rings is 1. The molecule has 1 aliphatic heterocycles. The quantitative estimate of drug-likeness (QED) is 0.927. The van der Waals surface area contributed by atoms with Crippen molar-refractivity contribution in [3.8, 4) is 0 Å². The zero-order valence-corrected chi connectivity index (χ0v) is 11.8. The van der Waals surface area contributed by atoms with Gasteiger partial charge >= 0.3 is 0 Å². The minimum Gasteiger partial charge on any atom is -0.356 e. The van der Waals surface area contributed by atoms with Crippen molar-refractivity contribution in [2.24, 2.45) is 5.73 Å². The van der Waals surface area contributed by atoms with E-state index in [9.17, 15) is 0 Å². The van der Waals surface area contributed by atoms with Crippen LogP contribution in [0.2, 0.25) is 0 Å². The zero-order valence-electron chi connectivity index (χ0n) is 11.8. The number of hydrogen-bond acceptors (Lipinski definition) is 3. The molecule has 1 aromatic carbocycles. The molecule has 0 radical (unpaired) electrons. The van der Waals surface area contributed by atoms with Crippen molar-refractivity contribution in [2.75, 3.05) is 24.5 Å².